The number of hydrogen-bond donors (Lipinski definition) is 1. The Morgan fingerprint density at radius 2 is 2.57 bits per heavy atom. The van der Waals surface area contributed by atoms with E-state index in [9.17, 15) is 4.79 Å². The topological polar surface area (TPSA) is 38.3 Å². The van der Waals surface area contributed by atoms with Crippen LogP contribution in [0.1, 0.15) is 6.92 Å². The average molecular weight is 102 g/mol. The molecule has 41 valence electrons. The van der Waals surface area contributed by atoms with E-state index >= 15 is 0 Å². The molecule has 3 nitrogen and oxygen atoms in total. The molecule has 0 unspecified atom stereocenters. The third-order valence-corrected chi connectivity index (χ3v) is 0.423. The monoisotopic (exact) mass is 102 g/mol. The molecule has 0 bridgehead atoms. The van der Waals surface area contributed by atoms with Crippen LogP contribution in [0.25, 0.3) is 0 Å². The van der Waals surface area contributed by atoms with Gasteiger partial charge in [0, 0.05) is 6.92 Å². The molecule has 0 aliphatic rings. The summed E-state index contributed by atoms with van der Waals surface area (Å²) in [5.41, 5.74) is 0. The van der Waals surface area contributed by atoms with E-state index in [1.165, 1.54) is 6.92 Å². The van der Waals surface area contributed by atoms with Crippen LogP contribution in [0.5, 0.6) is 0 Å². The van der Waals surface area contributed by atoms with Crippen LogP contribution in [0, 0.1) is 7.11 Å². The molecule has 0 aromatic rings. The molecule has 7 heavy (non-hydrogen) atoms. The van der Waals surface area contributed by atoms with Gasteiger partial charge in [0.1, 0.15) is 6.73 Å². The molecule has 0 saturated heterocycles. The van der Waals surface area contributed by atoms with Crippen LogP contribution in [0.3, 0.4) is 0 Å². The Balaban J connectivity index is 2.82. The van der Waals surface area contributed by atoms with E-state index < -0.39 is 0 Å². The van der Waals surface area contributed by atoms with Crippen LogP contribution in [0.4, 0.5) is 0 Å². The van der Waals surface area contributed by atoms with Crippen molar-refractivity contribution >= 4 is 5.91 Å². The molecular weight excluding hydrogens is 94.0 g/mol. The summed E-state index contributed by atoms with van der Waals surface area (Å²) < 4.78 is 4.27. The number of amides is 1. The van der Waals surface area contributed by atoms with Gasteiger partial charge in [-0.1, -0.05) is 0 Å². The van der Waals surface area contributed by atoms with Gasteiger partial charge in [0.2, 0.25) is 5.91 Å². The van der Waals surface area contributed by atoms with E-state index in [2.05, 4.69) is 17.2 Å². The molecule has 1 amide bonds. The van der Waals surface area contributed by atoms with Crippen LogP contribution in [-0.2, 0) is 9.53 Å². The summed E-state index contributed by atoms with van der Waals surface area (Å²) in [5.74, 6) is -0.108. The summed E-state index contributed by atoms with van der Waals surface area (Å²) in [5, 5.41) is 2.37. The standard InChI is InChI=1S/C4H8NO2/c1-4(6)5-3-7-2/h2-3H2,1H3,(H,5,6). The highest BCUT2D eigenvalue weighted by Crippen LogP contribution is 1.61. The normalized spacial score (nSPS) is 8.29. The molecule has 1 radical (unpaired) electrons. The number of rotatable bonds is 2. The molecular formula is C4H8NO2. The first-order valence-electron chi connectivity index (χ1n) is 1.89. The fraction of sp³-hybridized carbons (Fsp3) is 0.500. The fourth-order valence-corrected chi connectivity index (χ4v) is 0.153. The lowest BCUT2D eigenvalue weighted by atomic mass is 10.7. The zero-order chi connectivity index (χ0) is 5.70. The van der Waals surface area contributed by atoms with Crippen molar-refractivity contribution in [1.82, 2.24) is 5.32 Å². The van der Waals surface area contributed by atoms with Crippen molar-refractivity contribution in [2.75, 3.05) is 6.73 Å². The number of nitrogens with one attached hydrogen (secondary N) is 1. The van der Waals surface area contributed by atoms with E-state index in [-0.39, 0.29) is 12.6 Å². The summed E-state index contributed by atoms with van der Waals surface area (Å²) >= 11 is 0. The molecule has 0 aliphatic heterocycles. The van der Waals surface area contributed by atoms with Gasteiger partial charge in [-0.3, -0.25) is 4.79 Å². The Kier molecular flexibility index (Phi) is 3.32. The van der Waals surface area contributed by atoms with Crippen molar-refractivity contribution in [3.63, 3.8) is 0 Å². The highest BCUT2D eigenvalue weighted by molar-refractivity contribution is 5.72. The average Bonchev–Trinajstić information content (AvgIpc) is 1.61. The molecule has 0 fully saturated rings. The van der Waals surface area contributed by atoms with E-state index in [0.29, 0.717) is 0 Å². The zero-order valence-corrected chi connectivity index (χ0v) is 4.23. The van der Waals surface area contributed by atoms with Gasteiger partial charge >= 0.3 is 0 Å². The Labute approximate surface area is 42.7 Å². The van der Waals surface area contributed by atoms with Crippen molar-refractivity contribution in [3.8, 4) is 0 Å². The first-order valence-corrected chi connectivity index (χ1v) is 1.89. The minimum Gasteiger partial charge on any atom is -0.359 e. The minimum atomic E-state index is -0.108. The number of carbonyl (C=O) groups is 1. The van der Waals surface area contributed by atoms with Crippen molar-refractivity contribution in [1.29, 1.82) is 0 Å². The zero-order valence-electron chi connectivity index (χ0n) is 4.23. The van der Waals surface area contributed by atoms with Gasteiger partial charge in [-0.05, 0) is 0 Å². The van der Waals surface area contributed by atoms with Gasteiger partial charge in [-0.2, -0.15) is 0 Å². The second kappa shape index (κ2) is 3.61. The van der Waals surface area contributed by atoms with Crippen LogP contribution < -0.4 is 5.32 Å². The third kappa shape index (κ3) is 5.43. The van der Waals surface area contributed by atoms with Crippen molar-refractivity contribution in [2.45, 2.75) is 6.92 Å². The van der Waals surface area contributed by atoms with Gasteiger partial charge in [-0.15, -0.1) is 0 Å². The van der Waals surface area contributed by atoms with Gasteiger partial charge in [0.15, 0.2) is 0 Å². The number of carbonyl (C=O) groups excluding carboxylic acids is 1. The Morgan fingerprint density at radius 1 is 2.00 bits per heavy atom. The summed E-state index contributed by atoms with van der Waals surface area (Å²) in [7, 11) is 3.04. The molecule has 0 aromatic heterocycles. The maximum Gasteiger partial charge on any atom is 0.218 e. The number of hydrogen-bond acceptors (Lipinski definition) is 2. The number of ether oxygens (including phenoxy) is 1. The Bertz CT molecular complexity index is 62.7. The van der Waals surface area contributed by atoms with Gasteiger partial charge in [0.25, 0.3) is 0 Å². The van der Waals surface area contributed by atoms with E-state index in [1.807, 2.05) is 0 Å². The van der Waals surface area contributed by atoms with Crippen LogP contribution in [0.2, 0.25) is 0 Å². The quantitative estimate of drug-likeness (QED) is 0.494. The minimum absolute atomic E-state index is 0.108. The highest BCUT2D eigenvalue weighted by atomic mass is 16.5. The van der Waals surface area contributed by atoms with Crippen molar-refractivity contribution in [3.05, 3.63) is 7.11 Å². The second-order valence-corrected chi connectivity index (χ2v) is 1.08. The molecule has 0 heterocycles. The Hall–Kier alpha value is -0.570. The lowest BCUT2D eigenvalue weighted by molar-refractivity contribution is -0.120. The molecule has 1 N–H and O–H groups in total. The van der Waals surface area contributed by atoms with Crippen molar-refractivity contribution in [2.24, 2.45) is 0 Å². The van der Waals surface area contributed by atoms with Crippen LogP contribution >= 0.6 is 0 Å². The van der Waals surface area contributed by atoms with Crippen molar-refractivity contribution < 1.29 is 9.53 Å². The predicted octanol–water partition coefficient (Wildman–Crippen LogP) is -0.112. The lowest BCUT2D eigenvalue weighted by Crippen LogP contribution is -2.21. The third-order valence-electron chi connectivity index (χ3n) is 0.423. The molecule has 0 spiro atoms. The highest BCUT2D eigenvalue weighted by Gasteiger charge is 1.83. The van der Waals surface area contributed by atoms with Gasteiger partial charge < -0.3 is 10.1 Å². The second-order valence-electron chi connectivity index (χ2n) is 1.08. The summed E-state index contributed by atoms with van der Waals surface area (Å²) in [6.07, 6.45) is 0. The van der Waals surface area contributed by atoms with E-state index in [0.717, 1.165) is 0 Å². The molecule has 0 rings (SSSR count). The van der Waals surface area contributed by atoms with E-state index in [4.69, 9.17) is 0 Å². The summed E-state index contributed by atoms with van der Waals surface area (Å²) in [6.45, 7) is 1.61. The van der Waals surface area contributed by atoms with Crippen LogP contribution in [0.15, 0.2) is 0 Å². The maximum absolute atomic E-state index is 9.98. The van der Waals surface area contributed by atoms with Gasteiger partial charge in [0.05, 0.1) is 7.11 Å². The fourth-order valence-electron chi connectivity index (χ4n) is 0.153. The van der Waals surface area contributed by atoms with Crippen LogP contribution in [-0.4, -0.2) is 12.6 Å². The predicted molar refractivity (Wildman–Crippen MR) is 25.1 cm³/mol. The Morgan fingerprint density at radius 3 is 2.71 bits per heavy atom. The summed E-state index contributed by atoms with van der Waals surface area (Å²) in [4.78, 5) is 9.98. The SMILES string of the molecule is [CH2]OCNC(C)=O. The summed E-state index contributed by atoms with van der Waals surface area (Å²) in [6, 6.07) is 0. The van der Waals surface area contributed by atoms with E-state index in [1.54, 1.807) is 0 Å². The first kappa shape index (κ1) is 6.43. The molecule has 0 saturated carbocycles. The van der Waals surface area contributed by atoms with Gasteiger partial charge in [-0.25, -0.2) is 0 Å². The molecule has 0 aliphatic carbocycles. The largest absolute Gasteiger partial charge is 0.359 e. The molecule has 3 heteroatoms. The lowest BCUT2D eigenvalue weighted by Gasteiger charge is -1.94. The smallest absolute Gasteiger partial charge is 0.218 e. The molecule has 0 atom stereocenters. The molecule has 0 aromatic carbocycles. The maximum atomic E-state index is 9.98. The first-order chi connectivity index (χ1) is 3.27.